The first-order valence-corrected chi connectivity index (χ1v) is 4.98. The smallest absolute Gasteiger partial charge is 0.123 e. The Labute approximate surface area is 89.2 Å². The average molecular weight is 211 g/mol. The van der Waals surface area contributed by atoms with E-state index in [1.54, 1.807) is 6.07 Å². The number of nitrogens with one attached hydrogen (secondary N) is 1. The van der Waals surface area contributed by atoms with E-state index in [0.29, 0.717) is 13.0 Å². The Bertz CT molecular complexity index is 315. The van der Waals surface area contributed by atoms with Gasteiger partial charge in [-0.1, -0.05) is 6.07 Å². The van der Waals surface area contributed by atoms with E-state index in [4.69, 9.17) is 10.2 Å². The molecule has 0 radical (unpaired) electrons. The Hall–Kier alpha value is -1.26. The third-order valence-corrected chi connectivity index (χ3v) is 2.27. The predicted molar refractivity (Wildman–Crippen MR) is 57.8 cm³/mol. The lowest BCUT2D eigenvalue weighted by atomic mass is 10.1. The number of hydrogen-bond acceptors (Lipinski definition) is 4. The number of aromatic hydroxyl groups is 2. The van der Waals surface area contributed by atoms with Crippen molar-refractivity contribution in [2.24, 2.45) is 0 Å². The number of benzene rings is 1. The van der Waals surface area contributed by atoms with E-state index >= 15 is 0 Å². The van der Waals surface area contributed by atoms with Crippen LogP contribution < -0.4 is 5.32 Å². The highest BCUT2D eigenvalue weighted by atomic mass is 16.3. The zero-order valence-corrected chi connectivity index (χ0v) is 8.77. The molecule has 0 saturated carbocycles. The Morgan fingerprint density at radius 2 is 2.07 bits per heavy atom. The molecular weight excluding hydrogens is 194 g/mol. The number of aliphatic hydroxyl groups excluding tert-OH is 1. The second kappa shape index (κ2) is 5.58. The fourth-order valence-electron chi connectivity index (χ4n) is 1.28. The van der Waals surface area contributed by atoms with Gasteiger partial charge in [0.2, 0.25) is 0 Å². The highest BCUT2D eigenvalue weighted by molar-refractivity contribution is 5.38. The molecule has 4 heteroatoms. The maximum Gasteiger partial charge on any atom is 0.123 e. The Kier molecular flexibility index (Phi) is 4.39. The van der Waals surface area contributed by atoms with Crippen LogP contribution in [0.2, 0.25) is 0 Å². The molecule has 0 bridgehead atoms. The normalized spacial score (nSPS) is 12.7. The van der Waals surface area contributed by atoms with Crippen LogP contribution in [-0.4, -0.2) is 28.0 Å². The molecule has 0 spiro atoms. The number of phenolic OH excluding ortho intramolecular Hbond substituents is 2. The van der Waals surface area contributed by atoms with Crippen molar-refractivity contribution in [1.82, 2.24) is 5.32 Å². The van der Waals surface area contributed by atoms with Gasteiger partial charge in [-0.25, -0.2) is 0 Å². The Balaban J connectivity index is 2.50. The van der Waals surface area contributed by atoms with E-state index < -0.39 is 0 Å². The summed E-state index contributed by atoms with van der Waals surface area (Å²) in [4.78, 5) is 0. The lowest BCUT2D eigenvalue weighted by Gasteiger charge is -2.13. The van der Waals surface area contributed by atoms with Gasteiger partial charge in [0, 0.05) is 30.8 Å². The zero-order chi connectivity index (χ0) is 11.3. The van der Waals surface area contributed by atoms with Gasteiger partial charge < -0.3 is 20.6 Å². The fourth-order valence-corrected chi connectivity index (χ4v) is 1.28. The van der Waals surface area contributed by atoms with Crippen LogP contribution in [0.15, 0.2) is 18.2 Å². The second-order valence-electron chi connectivity index (χ2n) is 3.61. The van der Waals surface area contributed by atoms with Crippen LogP contribution in [0.4, 0.5) is 0 Å². The van der Waals surface area contributed by atoms with Crippen molar-refractivity contribution in [3.05, 3.63) is 23.8 Å². The van der Waals surface area contributed by atoms with Gasteiger partial charge >= 0.3 is 0 Å². The largest absolute Gasteiger partial charge is 0.508 e. The molecule has 0 amide bonds. The lowest BCUT2D eigenvalue weighted by Crippen LogP contribution is -2.26. The molecule has 0 fully saturated rings. The molecule has 1 aromatic rings. The van der Waals surface area contributed by atoms with Crippen LogP contribution in [0.25, 0.3) is 0 Å². The lowest BCUT2D eigenvalue weighted by molar-refractivity contribution is 0.268. The molecule has 0 heterocycles. The van der Waals surface area contributed by atoms with E-state index in [2.05, 4.69) is 5.32 Å². The minimum Gasteiger partial charge on any atom is -0.508 e. The van der Waals surface area contributed by atoms with Crippen LogP contribution in [0.1, 0.15) is 18.9 Å². The number of phenols is 2. The van der Waals surface area contributed by atoms with E-state index in [9.17, 15) is 5.11 Å². The van der Waals surface area contributed by atoms with Crippen molar-refractivity contribution in [3.63, 3.8) is 0 Å². The summed E-state index contributed by atoms with van der Waals surface area (Å²) in [6.07, 6.45) is 0.679. The van der Waals surface area contributed by atoms with Crippen LogP contribution >= 0.6 is 0 Å². The van der Waals surface area contributed by atoms with Crippen LogP contribution in [0.3, 0.4) is 0 Å². The summed E-state index contributed by atoms with van der Waals surface area (Å²) in [6, 6.07) is 4.72. The van der Waals surface area contributed by atoms with Crippen molar-refractivity contribution in [2.45, 2.75) is 25.9 Å². The highest BCUT2D eigenvalue weighted by Crippen LogP contribution is 2.22. The first-order chi connectivity index (χ1) is 7.13. The maximum absolute atomic E-state index is 9.48. The molecule has 1 aromatic carbocycles. The summed E-state index contributed by atoms with van der Waals surface area (Å²) in [5.74, 6) is 0.137. The average Bonchev–Trinajstić information content (AvgIpc) is 2.17. The fraction of sp³-hybridized carbons (Fsp3) is 0.455. The van der Waals surface area contributed by atoms with Gasteiger partial charge in [-0.3, -0.25) is 0 Å². The maximum atomic E-state index is 9.48. The molecule has 4 N–H and O–H groups in total. The molecular formula is C11H17NO3. The summed E-state index contributed by atoms with van der Waals surface area (Å²) < 4.78 is 0. The SMILES string of the molecule is CC(CCO)NCc1ccc(O)cc1O. The molecule has 84 valence electrons. The van der Waals surface area contributed by atoms with Crippen LogP contribution in [-0.2, 0) is 6.54 Å². The van der Waals surface area contributed by atoms with Crippen molar-refractivity contribution < 1.29 is 15.3 Å². The first-order valence-electron chi connectivity index (χ1n) is 4.98. The summed E-state index contributed by atoms with van der Waals surface area (Å²) >= 11 is 0. The number of hydrogen-bond donors (Lipinski definition) is 4. The van der Waals surface area contributed by atoms with Crippen molar-refractivity contribution in [2.75, 3.05) is 6.61 Å². The third-order valence-electron chi connectivity index (χ3n) is 2.27. The van der Waals surface area contributed by atoms with Gasteiger partial charge in [-0.05, 0) is 19.4 Å². The van der Waals surface area contributed by atoms with E-state index in [-0.39, 0.29) is 24.1 Å². The number of rotatable bonds is 5. The van der Waals surface area contributed by atoms with Gasteiger partial charge in [0.1, 0.15) is 11.5 Å². The molecule has 15 heavy (non-hydrogen) atoms. The van der Waals surface area contributed by atoms with Crippen LogP contribution in [0, 0.1) is 0 Å². The van der Waals surface area contributed by atoms with Crippen LogP contribution in [0.5, 0.6) is 11.5 Å². The molecule has 0 aromatic heterocycles. The molecule has 0 saturated heterocycles. The molecule has 0 aliphatic carbocycles. The van der Waals surface area contributed by atoms with Gasteiger partial charge in [0.05, 0.1) is 0 Å². The molecule has 4 nitrogen and oxygen atoms in total. The molecule has 0 aliphatic rings. The standard InChI is InChI=1S/C11H17NO3/c1-8(4-5-13)12-7-9-2-3-10(14)6-11(9)15/h2-3,6,8,12-15H,4-5,7H2,1H3. The van der Waals surface area contributed by atoms with Gasteiger partial charge in [-0.2, -0.15) is 0 Å². The summed E-state index contributed by atoms with van der Waals surface area (Å²) in [6.45, 7) is 2.64. The quantitative estimate of drug-likeness (QED) is 0.585. The second-order valence-corrected chi connectivity index (χ2v) is 3.61. The van der Waals surface area contributed by atoms with Gasteiger partial charge in [0.15, 0.2) is 0 Å². The molecule has 1 atom stereocenters. The molecule has 1 rings (SSSR count). The van der Waals surface area contributed by atoms with Gasteiger partial charge in [0.25, 0.3) is 0 Å². The minimum atomic E-state index is 0.0552. The first kappa shape index (κ1) is 11.8. The van der Waals surface area contributed by atoms with Crippen molar-refractivity contribution in [1.29, 1.82) is 0 Å². The van der Waals surface area contributed by atoms with E-state index in [1.807, 2.05) is 6.92 Å². The number of aliphatic hydroxyl groups is 1. The monoisotopic (exact) mass is 211 g/mol. The Morgan fingerprint density at radius 3 is 2.67 bits per heavy atom. The predicted octanol–water partition coefficient (Wildman–Crippen LogP) is 0.958. The Morgan fingerprint density at radius 1 is 1.33 bits per heavy atom. The molecule has 0 aliphatic heterocycles. The van der Waals surface area contributed by atoms with Gasteiger partial charge in [-0.15, -0.1) is 0 Å². The summed E-state index contributed by atoms with van der Waals surface area (Å²) in [5, 5.41) is 30.4. The van der Waals surface area contributed by atoms with Crippen molar-refractivity contribution >= 4 is 0 Å². The summed E-state index contributed by atoms with van der Waals surface area (Å²) in [5.41, 5.74) is 0.734. The summed E-state index contributed by atoms with van der Waals surface area (Å²) in [7, 11) is 0. The highest BCUT2D eigenvalue weighted by Gasteiger charge is 2.04. The van der Waals surface area contributed by atoms with E-state index in [1.165, 1.54) is 12.1 Å². The topological polar surface area (TPSA) is 72.7 Å². The van der Waals surface area contributed by atoms with E-state index in [0.717, 1.165) is 5.56 Å². The third kappa shape index (κ3) is 3.77. The minimum absolute atomic E-state index is 0.0552. The zero-order valence-electron chi connectivity index (χ0n) is 8.77. The molecule has 1 unspecified atom stereocenters. The van der Waals surface area contributed by atoms with Crippen molar-refractivity contribution in [3.8, 4) is 11.5 Å².